The smallest absolute Gasteiger partial charge is 0.322 e. The molecular formula is C28H35F3N6O2. The van der Waals surface area contributed by atoms with Gasteiger partial charge in [0.1, 0.15) is 24.3 Å². The lowest BCUT2D eigenvalue weighted by atomic mass is 9.51. The highest BCUT2D eigenvalue weighted by Crippen LogP contribution is 2.58. The molecule has 1 aliphatic carbocycles. The lowest BCUT2D eigenvalue weighted by Gasteiger charge is -2.52. The number of aromatic nitrogens is 4. The molecular weight excluding hydrogens is 509 g/mol. The molecule has 0 spiro atoms. The highest BCUT2D eigenvalue weighted by atomic mass is 19.4. The molecule has 2 aromatic heterocycles. The predicted octanol–water partition coefficient (Wildman–Crippen LogP) is 4.64. The Bertz CT molecular complexity index is 1400. The van der Waals surface area contributed by atoms with E-state index in [1.54, 1.807) is 12.4 Å². The van der Waals surface area contributed by atoms with Crippen molar-refractivity contribution in [3.8, 4) is 0 Å². The summed E-state index contributed by atoms with van der Waals surface area (Å²) in [5, 5.41) is 14.3. The van der Waals surface area contributed by atoms with Crippen molar-refractivity contribution in [1.29, 1.82) is 0 Å². The van der Waals surface area contributed by atoms with Crippen LogP contribution in [0.3, 0.4) is 0 Å². The van der Waals surface area contributed by atoms with Gasteiger partial charge in [-0.25, -0.2) is 0 Å². The molecule has 1 aliphatic rings. The van der Waals surface area contributed by atoms with Gasteiger partial charge in [-0.2, -0.15) is 13.2 Å². The number of amides is 1. The zero-order valence-corrected chi connectivity index (χ0v) is 22.9. The minimum Gasteiger partial charge on any atom is -0.322 e. The molecule has 0 radical (unpaired) electrons. The topological polar surface area (TPSA) is 93.8 Å². The number of alkyl halides is 3. The van der Waals surface area contributed by atoms with Crippen LogP contribution >= 0.6 is 0 Å². The average molecular weight is 545 g/mol. The van der Waals surface area contributed by atoms with Gasteiger partial charge in [-0.15, -0.1) is 10.2 Å². The minimum absolute atomic E-state index is 0.0960. The number of nitrogens with one attached hydrogen (secondary N) is 2. The second-order valence-corrected chi connectivity index (χ2v) is 11.7. The summed E-state index contributed by atoms with van der Waals surface area (Å²) < 4.78 is 42.0. The number of rotatable bonds is 9. The van der Waals surface area contributed by atoms with E-state index in [1.807, 2.05) is 43.7 Å². The fourth-order valence-electron chi connectivity index (χ4n) is 5.66. The first kappa shape index (κ1) is 28.5. The van der Waals surface area contributed by atoms with Gasteiger partial charge in [0.2, 0.25) is 0 Å². The average Bonchev–Trinajstić information content (AvgIpc) is 3.24. The Balaban J connectivity index is 1.65. The normalized spacial score (nSPS) is 16.2. The number of anilines is 1. The molecule has 0 atom stereocenters. The van der Waals surface area contributed by atoms with Crippen molar-refractivity contribution in [2.24, 2.45) is 18.4 Å². The van der Waals surface area contributed by atoms with E-state index >= 15 is 0 Å². The maximum absolute atomic E-state index is 13.3. The number of hydrogen-bond acceptors (Lipinski definition) is 5. The van der Waals surface area contributed by atoms with E-state index in [4.69, 9.17) is 0 Å². The number of carbonyl (C=O) groups excluding carboxylic acids is 1. The van der Waals surface area contributed by atoms with E-state index in [0.717, 1.165) is 30.4 Å². The van der Waals surface area contributed by atoms with Gasteiger partial charge in [0.05, 0.1) is 5.41 Å². The third-order valence-corrected chi connectivity index (χ3v) is 6.99. The standard InChI is InChI=1S/C28H35F3N6O2/c1-18(2)11-32-12-19-9-22(24(39)37(13-19)16-28(29,30)31)23(38)34-21-8-6-7-20(10-21)27(14-26(3,4)15-27)25-35-33-17-36(25)5/h6-10,13,17-18,32H,11-12,14-16H2,1-5H3,(H,34,38). The van der Waals surface area contributed by atoms with Crippen LogP contribution in [0.4, 0.5) is 18.9 Å². The first-order valence-corrected chi connectivity index (χ1v) is 13.0. The van der Waals surface area contributed by atoms with E-state index in [-0.39, 0.29) is 17.5 Å². The minimum atomic E-state index is -4.61. The van der Waals surface area contributed by atoms with Crippen molar-refractivity contribution < 1.29 is 18.0 Å². The molecule has 3 aromatic rings. The maximum atomic E-state index is 13.3. The van der Waals surface area contributed by atoms with Gasteiger partial charge in [0.15, 0.2) is 0 Å². The monoisotopic (exact) mass is 544 g/mol. The van der Waals surface area contributed by atoms with Gasteiger partial charge in [-0.3, -0.25) is 9.59 Å². The van der Waals surface area contributed by atoms with Gasteiger partial charge in [-0.1, -0.05) is 39.8 Å². The zero-order valence-electron chi connectivity index (χ0n) is 22.9. The quantitative estimate of drug-likeness (QED) is 0.409. The largest absolute Gasteiger partial charge is 0.406 e. The Hall–Kier alpha value is -3.47. The van der Waals surface area contributed by atoms with Crippen LogP contribution in [0.5, 0.6) is 0 Å². The molecule has 2 heterocycles. The molecule has 11 heteroatoms. The number of hydrogen-bond donors (Lipinski definition) is 2. The first-order valence-electron chi connectivity index (χ1n) is 13.0. The van der Waals surface area contributed by atoms with Crippen LogP contribution in [0.2, 0.25) is 0 Å². The number of halogens is 3. The molecule has 2 N–H and O–H groups in total. The molecule has 1 amide bonds. The van der Waals surface area contributed by atoms with Crippen LogP contribution in [0.25, 0.3) is 0 Å². The van der Waals surface area contributed by atoms with E-state index in [1.165, 1.54) is 6.07 Å². The molecule has 8 nitrogen and oxygen atoms in total. The highest BCUT2D eigenvalue weighted by molar-refractivity contribution is 6.04. The summed E-state index contributed by atoms with van der Waals surface area (Å²) in [7, 11) is 1.89. The number of pyridine rings is 1. The summed E-state index contributed by atoms with van der Waals surface area (Å²) in [6, 6.07) is 8.67. The molecule has 4 rings (SSSR count). The third kappa shape index (κ3) is 6.41. The van der Waals surface area contributed by atoms with E-state index < -0.39 is 29.6 Å². The number of benzene rings is 1. The van der Waals surface area contributed by atoms with Gasteiger partial charge < -0.3 is 19.8 Å². The van der Waals surface area contributed by atoms with Gasteiger partial charge in [0.25, 0.3) is 11.5 Å². The molecule has 0 unspecified atom stereocenters. The van der Waals surface area contributed by atoms with Crippen molar-refractivity contribution >= 4 is 11.6 Å². The Morgan fingerprint density at radius 2 is 1.90 bits per heavy atom. The Kier molecular flexibility index (Phi) is 7.75. The number of aryl methyl sites for hydroxylation is 1. The number of carbonyl (C=O) groups is 1. The first-order chi connectivity index (χ1) is 18.2. The van der Waals surface area contributed by atoms with Crippen LogP contribution in [-0.2, 0) is 25.6 Å². The summed E-state index contributed by atoms with van der Waals surface area (Å²) >= 11 is 0. The van der Waals surface area contributed by atoms with Crippen LogP contribution in [0.15, 0.2) is 47.7 Å². The van der Waals surface area contributed by atoms with Crippen molar-refractivity contribution in [2.75, 3.05) is 11.9 Å². The SMILES string of the molecule is CC(C)CNCc1cc(C(=O)Nc2cccc(C3(c4nncn4C)CC(C)(C)C3)c2)c(=O)n(CC(F)(F)F)c1. The predicted molar refractivity (Wildman–Crippen MR) is 142 cm³/mol. The van der Waals surface area contributed by atoms with E-state index in [2.05, 4.69) is 34.7 Å². The van der Waals surface area contributed by atoms with Gasteiger partial charge in [-0.05, 0) is 60.0 Å². The molecule has 1 saturated carbocycles. The molecule has 1 fully saturated rings. The summed E-state index contributed by atoms with van der Waals surface area (Å²) in [6.45, 7) is 7.76. The molecule has 1 aromatic carbocycles. The molecule has 0 bridgehead atoms. The van der Waals surface area contributed by atoms with Crippen LogP contribution in [-0.4, -0.2) is 38.0 Å². The van der Waals surface area contributed by atoms with Gasteiger partial charge in [0, 0.05) is 25.5 Å². The summed E-state index contributed by atoms with van der Waals surface area (Å²) in [4.78, 5) is 26.2. The lowest BCUT2D eigenvalue weighted by Crippen LogP contribution is -2.49. The fourth-order valence-corrected chi connectivity index (χ4v) is 5.66. The molecule has 39 heavy (non-hydrogen) atoms. The van der Waals surface area contributed by atoms with E-state index in [0.29, 0.717) is 28.3 Å². The molecule has 0 aliphatic heterocycles. The zero-order chi connectivity index (χ0) is 28.6. The van der Waals surface area contributed by atoms with Crippen molar-refractivity contribution in [3.63, 3.8) is 0 Å². The molecule has 0 saturated heterocycles. The highest BCUT2D eigenvalue weighted by Gasteiger charge is 2.53. The Labute approximate surface area is 225 Å². The molecule has 210 valence electrons. The number of nitrogens with zero attached hydrogens (tertiary/aromatic N) is 4. The van der Waals surface area contributed by atoms with Crippen molar-refractivity contribution in [2.45, 2.75) is 65.2 Å². The Morgan fingerprint density at radius 1 is 1.18 bits per heavy atom. The summed E-state index contributed by atoms with van der Waals surface area (Å²) in [6.07, 6.45) is -0.137. The Morgan fingerprint density at radius 3 is 2.49 bits per heavy atom. The van der Waals surface area contributed by atoms with Gasteiger partial charge >= 0.3 is 6.18 Å². The second-order valence-electron chi connectivity index (χ2n) is 11.7. The van der Waals surface area contributed by atoms with E-state index in [9.17, 15) is 22.8 Å². The van der Waals surface area contributed by atoms with Crippen LogP contribution in [0.1, 0.15) is 67.8 Å². The summed E-state index contributed by atoms with van der Waals surface area (Å²) in [5.41, 5.74) is 0.156. The third-order valence-electron chi connectivity index (χ3n) is 6.99. The van der Waals surface area contributed by atoms with Crippen molar-refractivity contribution in [1.82, 2.24) is 24.6 Å². The lowest BCUT2D eigenvalue weighted by molar-refractivity contribution is -0.141. The van der Waals surface area contributed by atoms with Crippen molar-refractivity contribution in [3.05, 3.63) is 75.7 Å². The summed E-state index contributed by atoms with van der Waals surface area (Å²) in [5.74, 6) is 0.384. The van der Waals surface area contributed by atoms with Crippen LogP contribution < -0.4 is 16.2 Å². The van der Waals surface area contributed by atoms with Crippen LogP contribution in [0, 0.1) is 11.3 Å². The second kappa shape index (κ2) is 10.6. The maximum Gasteiger partial charge on any atom is 0.406 e. The fraction of sp³-hybridized carbons (Fsp3) is 0.500.